The summed E-state index contributed by atoms with van der Waals surface area (Å²) < 4.78 is 18.6. The molecular weight excluding hydrogens is 478 g/mol. The van der Waals surface area contributed by atoms with E-state index in [-0.39, 0.29) is 29.4 Å². The van der Waals surface area contributed by atoms with Crippen LogP contribution in [0.25, 0.3) is 5.76 Å². The standard InChI is InChI=1S/C27H27N3O7/c1-2-35-21-14-17(4-6-19(21)31)24-23(25(32)18-5-7-20-22(15-18)37-13-12-36-20)26(33)27(34)30(24)10-3-9-29-11-8-28-16-29/h4-8,11,14-16,24,31-32H,2-3,9-10,12-13H2,1H3. The molecule has 3 aromatic rings. The molecule has 1 amide bonds. The minimum absolute atomic E-state index is 0.0440. The van der Waals surface area contributed by atoms with Gasteiger partial charge in [-0.3, -0.25) is 9.59 Å². The summed E-state index contributed by atoms with van der Waals surface area (Å²) in [5.74, 6) is -0.656. The van der Waals surface area contributed by atoms with Crippen molar-refractivity contribution in [1.82, 2.24) is 14.5 Å². The van der Waals surface area contributed by atoms with Crippen LogP contribution in [0.1, 0.15) is 30.5 Å². The van der Waals surface area contributed by atoms with Gasteiger partial charge in [0.15, 0.2) is 23.0 Å². The Hall–Kier alpha value is -4.47. The average Bonchev–Trinajstić information content (AvgIpc) is 3.52. The maximum absolute atomic E-state index is 13.3. The molecule has 0 aliphatic carbocycles. The first kappa shape index (κ1) is 24.2. The Morgan fingerprint density at radius 3 is 2.68 bits per heavy atom. The second-order valence-corrected chi connectivity index (χ2v) is 8.67. The van der Waals surface area contributed by atoms with Gasteiger partial charge in [-0.15, -0.1) is 0 Å². The molecule has 10 heteroatoms. The van der Waals surface area contributed by atoms with E-state index in [2.05, 4.69) is 4.98 Å². The predicted molar refractivity (Wildman–Crippen MR) is 133 cm³/mol. The summed E-state index contributed by atoms with van der Waals surface area (Å²) in [6.07, 6.45) is 5.73. The molecule has 192 valence electrons. The number of benzene rings is 2. The van der Waals surface area contributed by atoms with Gasteiger partial charge in [0, 0.05) is 31.0 Å². The number of carbonyl (C=O) groups excluding carboxylic acids is 2. The van der Waals surface area contributed by atoms with E-state index < -0.39 is 17.7 Å². The van der Waals surface area contributed by atoms with Gasteiger partial charge in [0.2, 0.25) is 0 Å². The fourth-order valence-electron chi connectivity index (χ4n) is 4.62. The lowest BCUT2D eigenvalue weighted by molar-refractivity contribution is -0.139. The lowest BCUT2D eigenvalue weighted by atomic mass is 9.94. The van der Waals surface area contributed by atoms with Crippen molar-refractivity contribution in [3.8, 4) is 23.0 Å². The highest BCUT2D eigenvalue weighted by Crippen LogP contribution is 2.43. The number of fused-ring (bicyclic) bond motifs is 1. The van der Waals surface area contributed by atoms with Gasteiger partial charge in [-0.25, -0.2) is 4.98 Å². The first-order valence-electron chi connectivity index (χ1n) is 12.1. The van der Waals surface area contributed by atoms with Crippen LogP contribution in [-0.4, -0.2) is 62.7 Å². The van der Waals surface area contributed by atoms with E-state index in [1.165, 1.54) is 11.0 Å². The molecule has 2 N–H and O–H groups in total. The summed E-state index contributed by atoms with van der Waals surface area (Å²) in [5.41, 5.74) is 0.814. The van der Waals surface area contributed by atoms with Crippen LogP contribution in [0.5, 0.6) is 23.0 Å². The van der Waals surface area contributed by atoms with Crippen molar-refractivity contribution in [3.63, 3.8) is 0 Å². The first-order valence-corrected chi connectivity index (χ1v) is 12.1. The smallest absolute Gasteiger partial charge is 0.295 e. The number of ketones is 1. The number of likely N-dealkylation sites (tertiary alicyclic amines) is 1. The highest BCUT2D eigenvalue weighted by molar-refractivity contribution is 6.46. The molecule has 5 rings (SSSR count). The molecule has 2 aromatic carbocycles. The maximum Gasteiger partial charge on any atom is 0.295 e. The Labute approximate surface area is 213 Å². The monoisotopic (exact) mass is 505 g/mol. The zero-order chi connectivity index (χ0) is 25.9. The van der Waals surface area contributed by atoms with Crippen LogP contribution in [0.3, 0.4) is 0 Å². The van der Waals surface area contributed by atoms with E-state index in [4.69, 9.17) is 14.2 Å². The molecule has 0 bridgehead atoms. The van der Waals surface area contributed by atoms with Crippen LogP contribution in [0.2, 0.25) is 0 Å². The SMILES string of the molecule is CCOc1cc(C2C(=C(O)c3ccc4c(c3)OCCO4)C(=O)C(=O)N2CCCn2ccnc2)ccc1O. The van der Waals surface area contributed by atoms with Gasteiger partial charge in [-0.1, -0.05) is 6.07 Å². The number of Topliss-reactive ketones (excluding diaryl/α,β-unsaturated/α-hetero) is 1. The van der Waals surface area contributed by atoms with Crippen LogP contribution >= 0.6 is 0 Å². The number of rotatable bonds is 8. The van der Waals surface area contributed by atoms with Crippen molar-refractivity contribution in [2.45, 2.75) is 25.9 Å². The van der Waals surface area contributed by atoms with Gasteiger partial charge in [0.25, 0.3) is 11.7 Å². The number of aromatic nitrogens is 2. The summed E-state index contributed by atoms with van der Waals surface area (Å²) in [5, 5.41) is 21.6. The van der Waals surface area contributed by atoms with Gasteiger partial charge < -0.3 is 33.9 Å². The molecule has 3 heterocycles. The Morgan fingerprint density at radius 2 is 1.92 bits per heavy atom. The molecule has 0 spiro atoms. The number of phenols is 1. The van der Waals surface area contributed by atoms with Crippen LogP contribution in [0.4, 0.5) is 0 Å². The van der Waals surface area contributed by atoms with Crippen LogP contribution in [0.15, 0.2) is 60.7 Å². The van der Waals surface area contributed by atoms with Crippen molar-refractivity contribution < 1.29 is 34.0 Å². The van der Waals surface area contributed by atoms with E-state index in [1.54, 1.807) is 49.8 Å². The van der Waals surface area contributed by atoms with Gasteiger partial charge in [0.1, 0.15) is 19.0 Å². The van der Waals surface area contributed by atoms with Crippen molar-refractivity contribution in [2.24, 2.45) is 0 Å². The van der Waals surface area contributed by atoms with E-state index in [0.717, 1.165) is 0 Å². The van der Waals surface area contributed by atoms with Crippen LogP contribution in [0, 0.1) is 0 Å². The highest BCUT2D eigenvalue weighted by atomic mass is 16.6. The third-order valence-corrected chi connectivity index (χ3v) is 6.33. The van der Waals surface area contributed by atoms with Gasteiger partial charge in [0.05, 0.1) is 24.5 Å². The molecule has 10 nitrogen and oxygen atoms in total. The second-order valence-electron chi connectivity index (χ2n) is 8.67. The van der Waals surface area contributed by atoms with E-state index in [1.807, 2.05) is 10.8 Å². The van der Waals surface area contributed by atoms with Crippen LogP contribution in [-0.2, 0) is 16.1 Å². The molecular formula is C27H27N3O7. The molecule has 2 aliphatic rings. The largest absolute Gasteiger partial charge is 0.507 e. The number of ether oxygens (including phenoxy) is 3. The summed E-state index contributed by atoms with van der Waals surface area (Å²) >= 11 is 0. The highest BCUT2D eigenvalue weighted by Gasteiger charge is 2.46. The normalized spacial score (nSPS) is 18.3. The van der Waals surface area contributed by atoms with Crippen LogP contribution < -0.4 is 14.2 Å². The molecule has 1 unspecified atom stereocenters. The van der Waals surface area contributed by atoms with Gasteiger partial charge in [-0.2, -0.15) is 0 Å². The molecule has 1 aromatic heterocycles. The van der Waals surface area contributed by atoms with Crippen molar-refractivity contribution in [3.05, 3.63) is 71.8 Å². The number of hydrogen-bond donors (Lipinski definition) is 2. The predicted octanol–water partition coefficient (Wildman–Crippen LogP) is 3.27. The minimum Gasteiger partial charge on any atom is -0.507 e. The number of aryl methyl sites for hydroxylation is 1. The van der Waals surface area contributed by atoms with Crippen molar-refractivity contribution >= 4 is 17.4 Å². The molecule has 37 heavy (non-hydrogen) atoms. The molecule has 0 saturated carbocycles. The zero-order valence-electron chi connectivity index (χ0n) is 20.3. The summed E-state index contributed by atoms with van der Waals surface area (Å²) in [7, 11) is 0. The van der Waals surface area contributed by atoms with E-state index in [0.29, 0.717) is 55.4 Å². The average molecular weight is 506 g/mol. The Bertz CT molecular complexity index is 1350. The number of carbonyl (C=O) groups is 2. The third-order valence-electron chi connectivity index (χ3n) is 6.33. The number of imidazole rings is 1. The lowest BCUT2D eigenvalue weighted by Gasteiger charge is -2.26. The molecule has 1 atom stereocenters. The van der Waals surface area contributed by atoms with Crippen molar-refractivity contribution in [1.29, 1.82) is 0 Å². The van der Waals surface area contributed by atoms with E-state index in [9.17, 15) is 19.8 Å². The number of phenolic OH excluding ortho intramolecular Hbond substituents is 1. The lowest BCUT2D eigenvalue weighted by Crippen LogP contribution is -2.31. The fraction of sp³-hybridized carbons (Fsp3) is 0.296. The number of aliphatic hydroxyl groups is 1. The number of hydrogen-bond acceptors (Lipinski definition) is 8. The summed E-state index contributed by atoms with van der Waals surface area (Å²) in [6.45, 7) is 3.75. The number of aromatic hydroxyl groups is 1. The van der Waals surface area contributed by atoms with Gasteiger partial charge in [-0.05, 0) is 49.2 Å². The summed E-state index contributed by atoms with van der Waals surface area (Å²) in [6, 6.07) is 8.66. The topological polar surface area (TPSA) is 123 Å². The number of nitrogens with zero attached hydrogens (tertiary/aromatic N) is 3. The third kappa shape index (κ3) is 4.69. The Morgan fingerprint density at radius 1 is 1.11 bits per heavy atom. The van der Waals surface area contributed by atoms with E-state index >= 15 is 0 Å². The summed E-state index contributed by atoms with van der Waals surface area (Å²) in [4.78, 5) is 32.0. The molecule has 1 fully saturated rings. The second kappa shape index (κ2) is 10.3. The van der Waals surface area contributed by atoms with Crippen molar-refractivity contribution in [2.75, 3.05) is 26.4 Å². The molecule has 2 aliphatic heterocycles. The zero-order valence-corrected chi connectivity index (χ0v) is 20.3. The number of aliphatic hydroxyl groups excluding tert-OH is 1. The molecule has 0 radical (unpaired) electrons. The Balaban J connectivity index is 1.56. The van der Waals surface area contributed by atoms with Gasteiger partial charge >= 0.3 is 0 Å². The Kier molecular flexibility index (Phi) is 6.72. The number of amides is 1. The molecule has 1 saturated heterocycles. The first-order chi connectivity index (χ1) is 18.0. The quantitative estimate of drug-likeness (QED) is 0.272. The maximum atomic E-state index is 13.3. The minimum atomic E-state index is -0.879. The fourth-order valence-corrected chi connectivity index (χ4v) is 4.62.